The molecule has 0 aliphatic rings. The molecule has 0 spiro atoms. The van der Waals surface area contributed by atoms with E-state index in [1.165, 1.54) is 11.3 Å². The number of carbonyl (C=O) groups excluding carboxylic acids is 2. The average molecular weight is 346 g/mol. The standard InChI is InChI=1S/C17H22N4O2S/c1-3-11-18-14(22)5-4-6-15-20-21-17(24-15)16(23)19-13-9-7-12(2)8-10-13/h7-10H,3-6,11H2,1-2H3,(H,18,22)(H,19,23). The summed E-state index contributed by atoms with van der Waals surface area (Å²) in [5.74, 6) is -0.206. The fraction of sp³-hybridized carbons (Fsp3) is 0.412. The molecule has 0 fully saturated rings. The third-order valence-corrected chi connectivity index (χ3v) is 4.32. The van der Waals surface area contributed by atoms with Gasteiger partial charge in [-0.1, -0.05) is 36.0 Å². The average Bonchev–Trinajstić information content (AvgIpc) is 3.04. The van der Waals surface area contributed by atoms with E-state index in [0.29, 0.717) is 30.8 Å². The van der Waals surface area contributed by atoms with Crippen LogP contribution in [0.15, 0.2) is 24.3 Å². The van der Waals surface area contributed by atoms with Crippen molar-refractivity contribution in [3.8, 4) is 0 Å². The van der Waals surface area contributed by atoms with Gasteiger partial charge in [-0.2, -0.15) is 0 Å². The number of nitrogens with one attached hydrogen (secondary N) is 2. The van der Waals surface area contributed by atoms with Crippen LogP contribution in [-0.4, -0.2) is 28.6 Å². The molecule has 2 aromatic rings. The molecule has 1 aromatic heterocycles. The Balaban J connectivity index is 1.80. The van der Waals surface area contributed by atoms with Gasteiger partial charge in [-0.05, 0) is 31.9 Å². The number of benzene rings is 1. The number of hydrogen-bond acceptors (Lipinski definition) is 5. The molecule has 2 N–H and O–H groups in total. The zero-order valence-electron chi connectivity index (χ0n) is 14.0. The first kappa shape index (κ1) is 18.1. The minimum Gasteiger partial charge on any atom is -0.356 e. The van der Waals surface area contributed by atoms with Gasteiger partial charge in [-0.25, -0.2) is 0 Å². The maximum Gasteiger partial charge on any atom is 0.286 e. The predicted octanol–water partition coefficient (Wildman–Crippen LogP) is 2.95. The summed E-state index contributed by atoms with van der Waals surface area (Å²) in [5.41, 5.74) is 1.86. The van der Waals surface area contributed by atoms with E-state index in [2.05, 4.69) is 20.8 Å². The van der Waals surface area contributed by atoms with Gasteiger partial charge in [0.1, 0.15) is 5.01 Å². The van der Waals surface area contributed by atoms with Crippen molar-refractivity contribution < 1.29 is 9.59 Å². The summed E-state index contributed by atoms with van der Waals surface area (Å²) >= 11 is 1.27. The van der Waals surface area contributed by atoms with Crippen molar-refractivity contribution in [2.45, 2.75) is 39.5 Å². The smallest absolute Gasteiger partial charge is 0.286 e. The molecule has 2 rings (SSSR count). The van der Waals surface area contributed by atoms with E-state index >= 15 is 0 Å². The highest BCUT2D eigenvalue weighted by atomic mass is 32.1. The van der Waals surface area contributed by atoms with Gasteiger partial charge in [0.05, 0.1) is 0 Å². The van der Waals surface area contributed by atoms with Crippen LogP contribution in [0.4, 0.5) is 5.69 Å². The van der Waals surface area contributed by atoms with Gasteiger partial charge in [0.2, 0.25) is 10.9 Å². The Labute approximate surface area is 145 Å². The normalized spacial score (nSPS) is 10.4. The Kier molecular flexibility index (Phi) is 6.87. The number of aryl methyl sites for hydroxylation is 2. The predicted molar refractivity (Wildman–Crippen MR) is 95.3 cm³/mol. The molecule has 0 radical (unpaired) electrons. The molecule has 0 saturated heterocycles. The first-order valence-corrected chi connectivity index (χ1v) is 8.87. The third-order valence-electron chi connectivity index (χ3n) is 3.34. The maximum absolute atomic E-state index is 12.1. The van der Waals surface area contributed by atoms with E-state index in [1.807, 2.05) is 38.1 Å². The number of carbonyl (C=O) groups is 2. The van der Waals surface area contributed by atoms with Crippen molar-refractivity contribution in [2.75, 3.05) is 11.9 Å². The van der Waals surface area contributed by atoms with E-state index in [1.54, 1.807) is 0 Å². The van der Waals surface area contributed by atoms with E-state index in [0.717, 1.165) is 22.7 Å². The number of nitrogens with zero attached hydrogens (tertiary/aromatic N) is 2. The van der Waals surface area contributed by atoms with Gasteiger partial charge in [0.15, 0.2) is 0 Å². The van der Waals surface area contributed by atoms with Crippen LogP contribution in [0.5, 0.6) is 0 Å². The van der Waals surface area contributed by atoms with E-state index in [-0.39, 0.29) is 11.8 Å². The first-order chi connectivity index (χ1) is 11.6. The molecular weight excluding hydrogens is 324 g/mol. The van der Waals surface area contributed by atoms with E-state index < -0.39 is 0 Å². The van der Waals surface area contributed by atoms with Crippen molar-refractivity contribution in [1.82, 2.24) is 15.5 Å². The molecule has 7 heteroatoms. The summed E-state index contributed by atoms with van der Waals surface area (Å²) in [6, 6.07) is 7.57. The van der Waals surface area contributed by atoms with Gasteiger partial charge in [-0.3, -0.25) is 9.59 Å². The largest absolute Gasteiger partial charge is 0.356 e. The topological polar surface area (TPSA) is 84.0 Å². The summed E-state index contributed by atoms with van der Waals surface area (Å²) in [6.07, 6.45) is 2.74. The molecule has 0 bridgehead atoms. The van der Waals surface area contributed by atoms with Crippen molar-refractivity contribution in [1.29, 1.82) is 0 Å². The van der Waals surface area contributed by atoms with Gasteiger partial charge < -0.3 is 10.6 Å². The van der Waals surface area contributed by atoms with Crippen LogP contribution in [0.3, 0.4) is 0 Å². The lowest BCUT2D eigenvalue weighted by molar-refractivity contribution is -0.121. The fourth-order valence-corrected chi connectivity index (χ4v) is 2.80. The van der Waals surface area contributed by atoms with E-state index in [4.69, 9.17) is 0 Å². The highest BCUT2D eigenvalue weighted by Gasteiger charge is 2.13. The van der Waals surface area contributed by atoms with Gasteiger partial charge in [0.25, 0.3) is 5.91 Å². The minimum absolute atomic E-state index is 0.0544. The van der Waals surface area contributed by atoms with Crippen molar-refractivity contribution in [3.63, 3.8) is 0 Å². The first-order valence-electron chi connectivity index (χ1n) is 8.05. The lowest BCUT2D eigenvalue weighted by Crippen LogP contribution is -2.23. The number of hydrogen-bond donors (Lipinski definition) is 2. The number of anilines is 1. The summed E-state index contributed by atoms with van der Waals surface area (Å²) in [6.45, 7) is 4.72. The summed E-state index contributed by atoms with van der Waals surface area (Å²) in [4.78, 5) is 23.7. The van der Waals surface area contributed by atoms with Crippen molar-refractivity contribution in [2.24, 2.45) is 0 Å². The Morgan fingerprint density at radius 1 is 1.17 bits per heavy atom. The SMILES string of the molecule is CCCNC(=O)CCCc1nnc(C(=O)Nc2ccc(C)cc2)s1. The molecule has 0 aliphatic carbocycles. The molecular formula is C17H22N4O2S. The zero-order chi connectivity index (χ0) is 17.4. The van der Waals surface area contributed by atoms with Crippen molar-refractivity contribution in [3.05, 3.63) is 39.8 Å². The molecule has 0 atom stereocenters. The van der Waals surface area contributed by atoms with Crippen LogP contribution < -0.4 is 10.6 Å². The monoisotopic (exact) mass is 346 g/mol. The highest BCUT2D eigenvalue weighted by Crippen LogP contribution is 2.15. The van der Waals surface area contributed by atoms with Gasteiger partial charge in [0, 0.05) is 25.1 Å². The minimum atomic E-state index is -0.261. The molecule has 24 heavy (non-hydrogen) atoms. The molecule has 1 aromatic carbocycles. The Bertz CT molecular complexity index is 682. The van der Waals surface area contributed by atoms with Crippen LogP contribution in [0.1, 0.15) is 46.6 Å². The second kappa shape index (κ2) is 9.12. The molecule has 128 valence electrons. The fourth-order valence-electron chi connectivity index (χ4n) is 2.02. The van der Waals surface area contributed by atoms with Crippen LogP contribution in [0, 0.1) is 6.92 Å². The van der Waals surface area contributed by atoms with Gasteiger partial charge in [-0.15, -0.1) is 10.2 Å². The Morgan fingerprint density at radius 2 is 1.92 bits per heavy atom. The Morgan fingerprint density at radius 3 is 2.62 bits per heavy atom. The lowest BCUT2D eigenvalue weighted by atomic mass is 10.2. The summed E-state index contributed by atoms with van der Waals surface area (Å²) < 4.78 is 0. The second-order valence-electron chi connectivity index (χ2n) is 5.52. The molecule has 0 aliphatic heterocycles. The van der Waals surface area contributed by atoms with Gasteiger partial charge >= 0.3 is 0 Å². The molecule has 0 saturated carbocycles. The van der Waals surface area contributed by atoms with Crippen LogP contribution in [-0.2, 0) is 11.2 Å². The molecule has 6 nitrogen and oxygen atoms in total. The van der Waals surface area contributed by atoms with Crippen LogP contribution >= 0.6 is 11.3 Å². The highest BCUT2D eigenvalue weighted by molar-refractivity contribution is 7.13. The summed E-state index contributed by atoms with van der Waals surface area (Å²) in [7, 11) is 0. The third kappa shape index (κ3) is 5.73. The second-order valence-corrected chi connectivity index (χ2v) is 6.59. The molecule has 0 unspecified atom stereocenters. The molecule has 1 heterocycles. The van der Waals surface area contributed by atoms with Crippen LogP contribution in [0.2, 0.25) is 0 Å². The maximum atomic E-state index is 12.1. The zero-order valence-corrected chi connectivity index (χ0v) is 14.8. The Hall–Kier alpha value is -2.28. The lowest BCUT2D eigenvalue weighted by Gasteiger charge is -2.02. The number of amides is 2. The van der Waals surface area contributed by atoms with E-state index in [9.17, 15) is 9.59 Å². The number of aromatic nitrogens is 2. The molecule has 2 amide bonds. The quantitative estimate of drug-likeness (QED) is 0.770. The van der Waals surface area contributed by atoms with Crippen molar-refractivity contribution >= 4 is 28.8 Å². The summed E-state index contributed by atoms with van der Waals surface area (Å²) in [5, 5.41) is 14.7. The number of rotatable bonds is 8. The van der Waals surface area contributed by atoms with Crippen LogP contribution in [0.25, 0.3) is 0 Å².